The molecule has 2 rings (SSSR count). The van der Waals surface area contributed by atoms with Gasteiger partial charge in [0.2, 0.25) is 0 Å². The number of carbonyl (C=O) groups excluding carboxylic acids is 1. The number of aromatic nitrogens is 1. The first-order valence-electron chi connectivity index (χ1n) is 5.37. The van der Waals surface area contributed by atoms with Crippen molar-refractivity contribution in [1.29, 1.82) is 0 Å². The molecule has 0 aliphatic carbocycles. The van der Waals surface area contributed by atoms with E-state index in [2.05, 4.69) is 10.1 Å². The summed E-state index contributed by atoms with van der Waals surface area (Å²) >= 11 is 5.72. The van der Waals surface area contributed by atoms with Gasteiger partial charge in [0.15, 0.2) is 5.84 Å². The second-order valence-corrected chi connectivity index (χ2v) is 4.03. The molecule has 0 saturated heterocycles. The number of nitrogens with two attached hydrogens (primary N) is 1. The van der Waals surface area contributed by atoms with E-state index in [1.165, 1.54) is 0 Å². The van der Waals surface area contributed by atoms with Crippen LogP contribution < -0.4 is 5.73 Å². The Morgan fingerprint density at radius 1 is 1.11 bits per heavy atom. The lowest BCUT2D eigenvalue weighted by atomic mass is 10.2. The van der Waals surface area contributed by atoms with Gasteiger partial charge in [0.25, 0.3) is 0 Å². The van der Waals surface area contributed by atoms with Gasteiger partial charge in [-0.1, -0.05) is 16.8 Å². The fraction of sp³-hybridized carbons (Fsp3) is 0. The summed E-state index contributed by atoms with van der Waals surface area (Å²) in [6, 6.07) is 9.59. The third-order valence-corrected chi connectivity index (χ3v) is 2.53. The average Bonchev–Trinajstić information content (AvgIpc) is 2.46. The van der Waals surface area contributed by atoms with Crippen molar-refractivity contribution in [1.82, 2.24) is 4.98 Å². The summed E-state index contributed by atoms with van der Waals surface area (Å²) in [6.07, 6.45) is 3.14. The summed E-state index contributed by atoms with van der Waals surface area (Å²) in [5.41, 5.74) is 6.64. The van der Waals surface area contributed by atoms with Crippen LogP contribution in [-0.4, -0.2) is 16.8 Å². The average molecular weight is 276 g/mol. The molecule has 0 saturated carbocycles. The quantitative estimate of drug-likeness (QED) is 0.403. The maximum absolute atomic E-state index is 11.7. The van der Waals surface area contributed by atoms with Crippen molar-refractivity contribution in [2.24, 2.45) is 10.9 Å². The van der Waals surface area contributed by atoms with E-state index in [-0.39, 0.29) is 5.84 Å². The Hall–Kier alpha value is -2.40. The molecular weight excluding hydrogens is 266 g/mol. The molecule has 2 N–H and O–H groups in total. The highest BCUT2D eigenvalue weighted by Crippen LogP contribution is 2.10. The van der Waals surface area contributed by atoms with Crippen LogP contribution in [0.3, 0.4) is 0 Å². The summed E-state index contributed by atoms with van der Waals surface area (Å²) in [5.74, 6) is -0.501. The molecule has 5 nitrogen and oxygen atoms in total. The van der Waals surface area contributed by atoms with Gasteiger partial charge in [0.05, 0.1) is 5.56 Å². The number of pyridine rings is 1. The zero-order valence-corrected chi connectivity index (χ0v) is 10.5. The van der Waals surface area contributed by atoms with E-state index >= 15 is 0 Å². The molecule has 0 fully saturated rings. The van der Waals surface area contributed by atoms with Crippen molar-refractivity contribution in [3.8, 4) is 0 Å². The van der Waals surface area contributed by atoms with E-state index in [1.54, 1.807) is 48.8 Å². The first kappa shape index (κ1) is 13.0. The maximum Gasteiger partial charge on any atom is 0.365 e. The molecule has 0 atom stereocenters. The van der Waals surface area contributed by atoms with Crippen LogP contribution >= 0.6 is 11.6 Å². The van der Waals surface area contributed by atoms with E-state index in [0.29, 0.717) is 16.1 Å². The van der Waals surface area contributed by atoms with Crippen LogP contribution in [0, 0.1) is 0 Å². The molecule has 0 aliphatic heterocycles. The molecule has 96 valence electrons. The van der Waals surface area contributed by atoms with Crippen molar-refractivity contribution >= 4 is 23.4 Å². The lowest BCUT2D eigenvalue weighted by Gasteiger charge is -2.01. The Labute approximate surface area is 114 Å². The molecule has 0 amide bonds. The SMILES string of the molecule is NC(=NOC(=O)c1ccc(Cl)cc1)c1ccncc1. The number of carbonyl (C=O) groups is 1. The van der Waals surface area contributed by atoms with E-state index < -0.39 is 5.97 Å². The van der Waals surface area contributed by atoms with E-state index in [1.807, 2.05) is 0 Å². The van der Waals surface area contributed by atoms with Gasteiger partial charge in [-0.15, -0.1) is 0 Å². The molecule has 0 aliphatic rings. The Morgan fingerprint density at radius 3 is 2.37 bits per heavy atom. The summed E-state index contributed by atoms with van der Waals surface area (Å²) in [6.45, 7) is 0. The van der Waals surface area contributed by atoms with Gasteiger partial charge in [-0.3, -0.25) is 4.98 Å². The van der Waals surface area contributed by atoms with Gasteiger partial charge in [-0.05, 0) is 36.4 Å². The van der Waals surface area contributed by atoms with Crippen molar-refractivity contribution in [3.05, 3.63) is 64.9 Å². The first-order chi connectivity index (χ1) is 9.16. The van der Waals surface area contributed by atoms with Crippen LogP contribution in [0.5, 0.6) is 0 Å². The van der Waals surface area contributed by atoms with Crippen molar-refractivity contribution in [2.75, 3.05) is 0 Å². The number of nitrogens with zero attached hydrogens (tertiary/aromatic N) is 2. The largest absolute Gasteiger partial charge is 0.380 e. The van der Waals surface area contributed by atoms with Crippen LogP contribution in [0.2, 0.25) is 5.02 Å². The van der Waals surface area contributed by atoms with Gasteiger partial charge in [0.1, 0.15) is 0 Å². The minimum Gasteiger partial charge on any atom is -0.380 e. The van der Waals surface area contributed by atoms with Crippen molar-refractivity contribution in [2.45, 2.75) is 0 Å². The maximum atomic E-state index is 11.7. The molecular formula is C13H10ClN3O2. The highest BCUT2D eigenvalue weighted by molar-refractivity contribution is 6.30. The van der Waals surface area contributed by atoms with Gasteiger partial charge in [0, 0.05) is 23.0 Å². The summed E-state index contributed by atoms with van der Waals surface area (Å²) in [4.78, 5) is 20.2. The van der Waals surface area contributed by atoms with Crippen molar-refractivity contribution in [3.63, 3.8) is 0 Å². The zero-order valence-electron chi connectivity index (χ0n) is 9.79. The molecule has 6 heteroatoms. The molecule has 1 aromatic carbocycles. The Bertz CT molecular complexity index is 597. The lowest BCUT2D eigenvalue weighted by Crippen LogP contribution is -2.15. The number of hydrogen-bond acceptors (Lipinski definition) is 4. The molecule has 19 heavy (non-hydrogen) atoms. The van der Waals surface area contributed by atoms with Crippen LogP contribution in [0.25, 0.3) is 0 Å². The summed E-state index contributed by atoms with van der Waals surface area (Å²) < 4.78 is 0. The highest BCUT2D eigenvalue weighted by Gasteiger charge is 2.07. The number of benzene rings is 1. The van der Waals surface area contributed by atoms with Crippen LogP contribution in [0.4, 0.5) is 0 Å². The Balaban J connectivity index is 2.06. The van der Waals surface area contributed by atoms with E-state index in [0.717, 1.165) is 0 Å². The smallest absolute Gasteiger partial charge is 0.365 e. The normalized spacial score (nSPS) is 11.1. The second-order valence-electron chi connectivity index (χ2n) is 3.60. The van der Waals surface area contributed by atoms with Gasteiger partial charge in [-0.25, -0.2) is 4.79 Å². The number of rotatable bonds is 3. The molecule has 1 heterocycles. The molecule has 0 radical (unpaired) electrons. The minimum absolute atomic E-state index is 0.102. The topological polar surface area (TPSA) is 77.6 Å². The zero-order chi connectivity index (χ0) is 13.7. The standard InChI is InChI=1S/C13H10ClN3O2/c14-11-3-1-10(2-4-11)13(18)19-17-12(15)9-5-7-16-8-6-9/h1-8H,(H2,15,17). The number of halogens is 1. The summed E-state index contributed by atoms with van der Waals surface area (Å²) in [5, 5.41) is 4.12. The first-order valence-corrected chi connectivity index (χ1v) is 5.75. The fourth-order valence-electron chi connectivity index (χ4n) is 1.30. The van der Waals surface area contributed by atoms with Gasteiger partial charge >= 0.3 is 5.97 Å². The van der Waals surface area contributed by atoms with Crippen LogP contribution in [0.1, 0.15) is 15.9 Å². The molecule has 1 aromatic heterocycles. The molecule has 2 aromatic rings. The Morgan fingerprint density at radius 2 is 1.74 bits per heavy atom. The van der Waals surface area contributed by atoms with E-state index in [9.17, 15) is 4.79 Å². The molecule has 0 unspecified atom stereocenters. The number of oxime groups is 1. The Kier molecular flexibility index (Phi) is 4.10. The lowest BCUT2D eigenvalue weighted by molar-refractivity contribution is 0.0516. The highest BCUT2D eigenvalue weighted by atomic mass is 35.5. The predicted octanol–water partition coefficient (Wildman–Crippen LogP) is 2.21. The van der Waals surface area contributed by atoms with Crippen LogP contribution in [-0.2, 0) is 4.84 Å². The summed E-state index contributed by atoms with van der Waals surface area (Å²) in [7, 11) is 0. The third kappa shape index (κ3) is 3.53. The third-order valence-electron chi connectivity index (χ3n) is 2.28. The van der Waals surface area contributed by atoms with Gasteiger partial charge in [-0.2, -0.15) is 0 Å². The van der Waals surface area contributed by atoms with Gasteiger partial charge < -0.3 is 10.6 Å². The van der Waals surface area contributed by atoms with Crippen molar-refractivity contribution < 1.29 is 9.63 Å². The number of amidine groups is 1. The number of hydrogen-bond donors (Lipinski definition) is 1. The minimum atomic E-state index is -0.603. The predicted molar refractivity (Wildman–Crippen MR) is 71.8 cm³/mol. The monoisotopic (exact) mass is 275 g/mol. The molecule has 0 spiro atoms. The molecule has 0 bridgehead atoms. The second kappa shape index (κ2) is 5.97. The van der Waals surface area contributed by atoms with E-state index in [4.69, 9.17) is 22.2 Å². The van der Waals surface area contributed by atoms with Crippen LogP contribution in [0.15, 0.2) is 53.9 Å². The fourth-order valence-corrected chi connectivity index (χ4v) is 1.43.